The topological polar surface area (TPSA) is 29.3 Å². The van der Waals surface area contributed by atoms with Crippen molar-refractivity contribution >= 4 is 27.1 Å². The van der Waals surface area contributed by atoms with Crippen molar-refractivity contribution in [3.63, 3.8) is 0 Å². The lowest BCUT2D eigenvalue weighted by Gasteiger charge is -2.35. The maximum absolute atomic E-state index is 5.84. The van der Waals surface area contributed by atoms with Crippen molar-refractivity contribution in [3.8, 4) is 0 Å². The molecule has 1 aromatic carbocycles. The summed E-state index contributed by atoms with van der Waals surface area (Å²) in [5.74, 6) is 0.786. The summed E-state index contributed by atoms with van der Waals surface area (Å²) in [5, 5.41) is 3.65. The van der Waals surface area contributed by atoms with Gasteiger partial charge < -0.3 is 10.6 Å². The highest BCUT2D eigenvalue weighted by Gasteiger charge is 2.27. The largest absolute Gasteiger partial charge is 0.373 e. The Labute approximate surface area is 106 Å². The number of fused-ring (bicyclic) bond motifs is 1. The standard InChI is InChI=1S/C14H18N2S/c1-16(8-10-6-11(15)7-10)13-9-17-14-5-3-2-4-12(13)14/h2-5,9-11H,6-8,15H2,1H3. The molecule has 1 heterocycles. The number of thiophene rings is 1. The fourth-order valence-corrected chi connectivity index (χ4v) is 3.68. The molecule has 0 bridgehead atoms. The van der Waals surface area contributed by atoms with Gasteiger partial charge in [-0.15, -0.1) is 11.3 Å². The van der Waals surface area contributed by atoms with Gasteiger partial charge in [-0.05, 0) is 24.8 Å². The van der Waals surface area contributed by atoms with E-state index in [-0.39, 0.29) is 0 Å². The first-order valence-electron chi connectivity index (χ1n) is 6.17. The predicted molar refractivity (Wildman–Crippen MR) is 75.8 cm³/mol. The molecular formula is C14H18N2S. The normalized spacial score (nSPS) is 23.6. The molecule has 3 rings (SSSR count). The van der Waals surface area contributed by atoms with E-state index in [0.29, 0.717) is 6.04 Å². The third-order valence-corrected chi connectivity index (χ3v) is 4.63. The van der Waals surface area contributed by atoms with E-state index in [1.165, 1.54) is 28.6 Å². The van der Waals surface area contributed by atoms with Gasteiger partial charge in [0.2, 0.25) is 0 Å². The van der Waals surface area contributed by atoms with Gasteiger partial charge in [-0.1, -0.05) is 18.2 Å². The Balaban J connectivity index is 1.78. The van der Waals surface area contributed by atoms with Gasteiger partial charge in [0.25, 0.3) is 0 Å². The SMILES string of the molecule is CN(CC1CC(N)C1)c1csc2ccccc12. The summed E-state index contributed by atoms with van der Waals surface area (Å²) in [6.45, 7) is 1.13. The smallest absolute Gasteiger partial charge is 0.0552 e. The summed E-state index contributed by atoms with van der Waals surface area (Å²) in [4.78, 5) is 2.38. The second-order valence-electron chi connectivity index (χ2n) is 5.10. The molecule has 0 saturated heterocycles. The van der Waals surface area contributed by atoms with E-state index in [0.717, 1.165) is 12.5 Å². The van der Waals surface area contributed by atoms with Gasteiger partial charge in [-0.2, -0.15) is 0 Å². The number of rotatable bonds is 3. The number of hydrogen-bond acceptors (Lipinski definition) is 3. The lowest BCUT2D eigenvalue weighted by Crippen LogP contribution is -2.41. The Morgan fingerprint density at radius 2 is 2.12 bits per heavy atom. The molecule has 0 aliphatic heterocycles. The van der Waals surface area contributed by atoms with Gasteiger partial charge in [-0.3, -0.25) is 0 Å². The van der Waals surface area contributed by atoms with Crippen molar-refractivity contribution in [2.24, 2.45) is 11.7 Å². The van der Waals surface area contributed by atoms with Gasteiger partial charge in [0.15, 0.2) is 0 Å². The summed E-state index contributed by atoms with van der Waals surface area (Å²) in [5.41, 5.74) is 7.20. The zero-order valence-corrected chi connectivity index (χ0v) is 10.9. The minimum absolute atomic E-state index is 0.451. The molecule has 2 N–H and O–H groups in total. The van der Waals surface area contributed by atoms with E-state index >= 15 is 0 Å². The maximum atomic E-state index is 5.84. The van der Waals surface area contributed by atoms with Crippen LogP contribution in [-0.4, -0.2) is 19.6 Å². The second kappa shape index (κ2) is 4.31. The minimum atomic E-state index is 0.451. The second-order valence-corrected chi connectivity index (χ2v) is 6.01. The molecule has 3 heteroatoms. The molecular weight excluding hydrogens is 228 g/mol. The first-order valence-corrected chi connectivity index (χ1v) is 7.05. The van der Waals surface area contributed by atoms with Crippen LogP contribution >= 0.6 is 11.3 Å². The monoisotopic (exact) mass is 246 g/mol. The Hall–Kier alpha value is -1.06. The third-order valence-electron chi connectivity index (χ3n) is 3.68. The molecule has 2 aromatic rings. The van der Waals surface area contributed by atoms with Gasteiger partial charge in [-0.25, -0.2) is 0 Å². The van der Waals surface area contributed by atoms with Gasteiger partial charge in [0.1, 0.15) is 0 Å². The lowest BCUT2D eigenvalue weighted by atomic mass is 9.80. The molecule has 1 fully saturated rings. The Morgan fingerprint density at radius 3 is 2.88 bits per heavy atom. The first kappa shape index (κ1) is 11.1. The number of nitrogens with zero attached hydrogens (tertiary/aromatic N) is 1. The quantitative estimate of drug-likeness (QED) is 0.902. The van der Waals surface area contributed by atoms with Crippen LogP contribution in [-0.2, 0) is 0 Å². The molecule has 0 unspecified atom stereocenters. The molecule has 17 heavy (non-hydrogen) atoms. The fourth-order valence-electron chi connectivity index (χ4n) is 2.68. The molecule has 0 radical (unpaired) electrons. The zero-order chi connectivity index (χ0) is 11.8. The lowest BCUT2D eigenvalue weighted by molar-refractivity contribution is 0.271. The Kier molecular flexibility index (Phi) is 2.81. The van der Waals surface area contributed by atoms with Crippen LogP contribution in [0.1, 0.15) is 12.8 Å². The van der Waals surface area contributed by atoms with Crippen LogP contribution in [0.5, 0.6) is 0 Å². The first-order chi connectivity index (χ1) is 8.24. The third kappa shape index (κ3) is 2.05. The highest BCUT2D eigenvalue weighted by atomic mass is 32.1. The van der Waals surface area contributed by atoms with Crippen molar-refractivity contribution in [2.75, 3.05) is 18.5 Å². The van der Waals surface area contributed by atoms with Crippen molar-refractivity contribution in [2.45, 2.75) is 18.9 Å². The molecule has 1 aliphatic rings. The summed E-state index contributed by atoms with van der Waals surface area (Å²) >= 11 is 1.83. The molecule has 0 atom stereocenters. The highest BCUT2D eigenvalue weighted by molar-refractivity contribution is 7.17. The summed E-state index contributed by atoms with van der Waals surface area (Å²) in [6, 6.07) is 9.08. The predicted octanol–water partition coefficient (Wildman–Crippen LogP) is 3.07. The summed E-state index contributed by atoms with van der Waals surface area (Å²) in [6.07, 6.45) is 2.37. The molecule has 2 nitrogen and oxygen atoms in total. The van der Waals surface area contributed by atoms with E-state index in [1.54, 1.807) is 0 Å². The van der Waals surface area contributed by atoms with Crippen LogP contribution in [0.4, 0.5) is 5.69 Å². The van der Waals surface area contributed by atoms with Crippen LogP contribution in [0.2, 0.25) is 0 Å². The Morgan fingerprint density at radius 1 is 1.35 bits per heavy atom. The summed E-state index contributed by atoms with van der Waals surface area (Å²) in [7, 11) is 2.19. The molecule has 0 amide bonds. The maximum Gasteiger partial charge on any atom is 0.0552 e. The highest BCUT2D eigenvalue weighted by Crippen LogP contribution is 2.34. The van der Waals surface area contributed by atoms with Crippen LogP contribution < -0.4 is 10.6 Å². The zero-order valence-electron chi connectivity index (χ0n) is 10.1. The Bertz CT molecular complexity index is 514. The van der Waals surface area contributed by atoms with Crippen LogP contribution in [0.15, 0.2) is 29.6 Å². The fraction of sp³-hybridized carbons (Fsp3) is 0.429. The molecule has 1 aromatic heterocycles. The van der Waals surface area contributed by atoms with Crippen LogP contribution in [0, 0.1) is 5.92 Å². The molecule has 1 aliphatic carbocycles. The molecule has 90 valence electrons. The summed E-state index contributed by atoms with van der Waals surface area (Å²) < 4.78 is 1.37. The van der Waals surface area contributed by atoms with E-state index in [4.69, 9.17) is 5.73 Å². The number of benzene rings is 1. The van der Waals surface area contributed by atoms with Crippen molar-refractivity contribution in [1.29, 1.82) is 0 Å². The number of hydrogen-bond donors (Lipinski definition) is 1. The van der Waals surface area contributed by atoms with Gasteiger partial charge in [0.05, 0.1) is 5.69 Å². The minimum Gasteiger partial charge on any atom is -0.373 e. The van der Waals surface area contributed by atoms with Crippen molar-refractivity contribution < 1.29 is 0 Å². The van der Waals surface area contributed by atoms with Crippen molar-refractivity contribution in [1.82, 2.24) is 0 Å². The van der Waals surface area contributed by atoms with Gasteiger partial charge in [0, 0.05) is 35.1 Å². The molecule has 0 spiro atoms. The average Bonchev–Trinajstić information content (AvgIpc) is 2.70. The van der Waals surface area contributed by atoms with E-state index in [9.17, 15) is 0 Å². The van der Waals surface area contributed by atoms with Crippen molar-refractivity contribution in [3.05, 3.63) is 29.6 Å². The number of anilines is 1. The number of nitrogens with two attached hydrogens (primary N) is 1. The average molecular weight is 246 g/mol. The van der Waals surface area contributed by atoms with E-state index in [1.807, 2.05) is 11.3 Å². The van der Waals surface area contributed by atoms with E-state index in [2.05, 4.69) is 41.6 Å². The van der Waals surface area contributed by atoms with E-state index < -0.39 is 0 Å². The van der Waals surface area contributed by atoms with Crippen LogP contribution in [0.25, 0.3) is 10.1 Å². The molecule has 1 saturated carbocycles. The van der Waals surface area contributed by atoms with Gasteiger partial charge >= 0.3 is 0 Å². The van der Waals surface area contributed by atoms with Crippen LogP contribution in [0.3, 0.4) is 0 Å².